The zero-order valence-corrected chi connectivity index (χ0v) is 12.6. The van der Waals surface area contributed by atoms with Crippen LogP contribution in [0.4, 0.5) is 0 Å². The number of ether oxygens (including phenoxy) is 1. The van der Waals surface area contributed by atoms with Crippen molar-refractivity contribution in [2.45, 2.75) is 26.8 Å². The number of hydrogen-bond acceptors (Lipinski definition) is 3. The van der Waals surface area contributed by atoms with Crippen LogP contribution in [-0.4, -0.2) is 17.1 Å². The molecule has 2 aromatic rings. The second-order valence-electron chi connectivity index (χ2n) is 4.21. The van der Waals surface area contributed by atoms with Crippen LogP contribution in [0.5, 0.6) is 5.75 Å². The first-order valence-electron chi connectivity index (χ1n) is 6.64. The summed E-state index contributed by atoms with van der Waals surface area (Å²) in [5, 5.41) is 0. The monoisotopic (exact) mass is 290 g/mol. The summed E-state index contributed by atoms with van der Waals surface area (Å²) in [4.78, 5) is 16.4. The summed E-state index contributed by atoms with van der Waals surface area (Å²) in [5.41, 5.74) is 1.04. The van der Waals surface area contributed by atoms with Crippen molar-refractivity contribution in [2.75, 3.05) is 6.61 Å². The minimum absolute atomic E-state index is 0.112. The number of amides is 1. The Balaban J connectivity index is 2.61. The Kier molecular flexibility index (Phi) is 4.74. The van der Waals surface area contributed by atoms with E-state index in [9.17, 15) is 4.79 Å². The van der Waals surface area contributed by atoms with Crippen LogP contribution in [-0.2, 0) is 11.3 Å². The lowest BCUT2D eigenvalue weighted by molar-refractivity contribution is -0.117. The molecule has 0 radical (unpaired) electrons. The van der Waals surface area contributed by atoms with Crippen molar-refractivity contribution >= 4 is 27.5 Å². The van der Waals surface area contributed by atoms with Crippen LogP contribution >= 0.6 is 11.3 Å². The summed E-state index contributed by atoms with van der Waals surface area (Å²) in [5.74, 6) is 0.722. The van der Waals surface area contributed by atoms with Gasteiger partial charge in [-0.2, -0.15) is 4.99 Å². The molecule has 1 aromatic heterocycles. The predicted molar refractivity (Wildman–Crippen MR) is 82.0 cm³/mol. The molecule has 0 atom stereocenters. The lowest BCUT2D eigenvalue weighted by Crippen LogP contribution is -2.15. The molecule has 1 amide bonds. The third-order valence-electron chi connectivity index (χ3n) is 2.80. The molecule has 4 nitrogen and oxygen atoms in total. The van der Waals surface area contributed by atoms with Crippen molar-refractivity contribution in [3.63, 3.8) is 0 Å². The van der Waals surface area contributed by atoms with Gasteiger partial charge in [-0.25, -0.2) is 0 Å². The summed E-state index contributed by atoms with van der Waals surface area (Å²) in [6, 6.07) is 5.91. The van der Waals surface area contributed by atoms with Gasteiger partial charge in [-0.3, -0.25) is 4.79 Å². The van der Waals surface area contributed by atoms with Crippen molar-refractivity contribution in [1.29, 1.82) is 0 Å². The number of nitrogens with zero attached hydrogens (tertiary/aromatic N) is 2. The average Bonchev–Trinajstić information content (AvgIpc) is 2.77. The van der Waals surface area contributed by atoms with Gasteiger partial charge in [0, 0.05) is 13.0 Å². The Morgan fingerprint density at radius 1 is 1.50 bits per heavy atom. The number of carbonyl (C=O) groups excluding carboxylic acids is 1. The number of carbonyl (C=O) groups is 1. The molecule has 0 saturated carbocycles. The number of fused-ring (bicyclic) bond motifs is 1. The smallest absolute Gasteiger partial charge is 0.248 e. The molecule has 0 bridgehead atoms. The number of hydrogen-bond donors (Lipinski definition) is 0. The predicted octanol–water partition coefficient (Wildman–Crippen LogP) is 3.12. The Labute approximate surface area is 122 Å². The van der Waals surface area contributed by atoms with E-state index >= 15 is 0 Å². The summed E-state index contributed by atoms with van der Waals surface area (Å²) < 4.78 is 8.56. The molecule has 20 heavy (non-hydrogen) atoms. The van der Waals surface area contributed by atoms with Crippen molar-refractivity contribution in [1.82, 2.24) is 4.57 Å². The van der Waals surface area contributed by atoms with Gasteiger partial charge in [-0.15, -0.1) is 6.58 Å². The van der Waals surface area contributed by atoms with Crippen molar-refractivity contribution < 1.29 is 9.53 Å². The van der Waals surface area contributed by atoms with Crippen LogP contribution in [0.2, 0.25) is 0 Å². The number of rotatable bonds is 5. The van der Waals surface area contributed by atoms with E-state index in [0.29, 0.717) is 24.4 Å². The SMILES string of the molecule is C=CCn1c(=NC(=O)CC)sc2cc(OCC)ccc21. The van der Waals surface area contributed by atoms with E-state index < -0.39 is 0 Å². The molecular formula is C15H18N2O2S. The van der Waals surface area contributed by atoms with Crippen LogP contribution in [0.3, 0.4) is 0 Å². The van der Waals surface area contributed by atoms with Gasteiger partial charge in [0.15, 0.2) is 4.80 Å². The van der Waals surface area contributed by atoms with Gasteiger partial charge in [0.1, 0.15) is 5.75 Å². The molecule has 0 unspecified atom stereocenters. The summed E-state index contributed by atoms with van der Waals surface area (Å²) in [6.45, 7) is 8.79. The van der Waals surface area contributed by atoms with Gasteiger partial charge in [0.2, 0.25) is 5.91 Å². The third kappa shape index (κ3) is 2.99. The number of thiazole rings is 1. The van der Waals surface area contributed by atoms with E-state index in [4.69, 9.17) is 4.74 Å². The highest BCUT2D eigenvalue weighted by Gasteiger charge is 2.07. The van der Waals surface area contributed by atoms with Gasteiger partial charge in [0.25, 0.3) is 0 Å². The van der Waals surface area contributed by atoms with Crippen LogP contribution in [0, 0.1) is 0 Å². The molecule has 0 aliphatic carbocycles. The van der Waals surface area contributed by atoms with Crippen molar-refractivity contribution in [3.05, 3.63) is 35.7 Å². The molecule has 0 aliphatic heterocycles. The quantitative estimate of drug-likeness (QED) is 0.794. The molecule has 106 valence electrons. The van der Waals surface area contributed by atoms with Gasteiger partial charge < -0.3 is 9.30 Å². The molecular weight excluding hydrogens is 272 g/mol. The minimum atomic E-state index is -0.112. The fraction of sp³-hybridized carbons (Fsp3) is 0.333. The van der Waals surface area contributed by atoms with Gasteiger partial charge in [-0.05, 0) is 25.1 Å². The first kappa shape index (κ1) is 14.5. The van der Waals surface area contributed by atoms with E-state index in [-0.39, 0.29) is 5.91 Å². The second kappa shape index (κ2) is 6.52. The maximum atomic E-state index is 11.6. The topological polar surface area (TPSA) is 43.6 Å². The zero-order valence-electron chi connectivity index (χ0n) is 11.8. The maximum absolute atomic E-state index is 11.6. The van der Waals surface area contributed by atoms with E-state index in [2.05, 4.69) is 11.6 Å². The average molecular weight is 290 g/mol. The third-order valence-corrected chi connectivity index (χ3v) is 3.84. The molecule has 0 N–H and O–H groups in total. The Bertz CT molecular complexity index is 697. The summed E-state index contributed by atoms with van der Waals surface area (Å²) >= 11 is 1.50. The number of aromatic nitrogens is 1. The Hall–Kier alpha value is -1.88. The van der Waals surface area contributed by atoms with Crippen LogP contribution in [0.25, 0.3) is 10.2 Å². The fourth-order valence-electron chi connectivity index (χ4n) is 1.89. The second-order valence-corrected chi connectivity index (χ2v) is 5.21. The fourth-order valence-corrected chi connectivity index (χ4v) is 2.97. The zero-order chi connectivity index (χ0) is 14.5. The van der Waals surface area contributed by atoms with E-state index in [1.807, 2.05) is 36.6 Å². The Morgan fingerprint density at radius 2 is 2.30 bits per heavy atom. The van der Waals surface area contributed by atoms with Crippen LogP contribution in [0.15, 0.2) is 35.8 Å². The standard InChI is InChI=1S/C15H18N2O2S/c1-4-9-17-12-8-7-11(19-6-3)10-13(12)20-15(17)16-14(18)5-2/h4,7-8,10H,1,5-6,9H2,2-3H3. The number of benzene rings is 1. The Morgan fingerprint density at radius 3 is 2.95 bits per heavy atom. The molecule has 5 heteroatoms. The summed E-state index contributed by atoms with van der Waals surface area (Å²) in [6.07, 6.45) is 2.21. The van der Waals surface area contributed by atoms with Gasteiger partial charge >= 0.3 is 0 Å². The van der Waals surface area contributed by atoms with Crippen molar-refractivity contribution in [3.8, 4) is 5.75 Å². The van der Waals surface area contributed by atoms with Crippen LogP contribution < -0.4 is 9.54 Å². The molecule has 0 spiro atoms. The van der Waals surface area contributed by atoms with Gasteiger partial charge in [-0.1, -0.05) is 24.3 Å². The highest BCUT2D eigenvalue weighted by Crippen LogP contribution is 2.23. The highest BCUT2D eigenvalue weighted by atomic mass is 32.1. The first-order chi connectivity index (χ1) is 9.69. The first-order valence-corrected chi connectivity index (χ1v) is 7.45. The van der Waals surface area contributed by atoms with Crippen molar-refractivity contribution in [2.24, 2.45) is 4.99 Å². The normalized spacial score (nSPS) is 11.8. The van der Waals surface area contributed by atoms with E-state index in [1.165, 1.54) is 11.3 Å². The molecule has 0 aliphatic rings. The molecule has 0 fully saturated rings. The molecule has 2 rings (SSSR count). The number of allylic oxidation sites excluding steroid dienone is 1. The highest BCUT2D eigenvalue weighted by molar-refractivity contribution is 7.16. The summed E-state index contributed by atoms with van der Waals surface area (Å²) in [7, 11) is 0. The van der Waals surface area contributed by atoms with E-state index in [0.717, 1.165) is 16.0 Å². The molecule has 1 heterocycles. The lowest BCUT2D eigenvalue weighted by Gasteiger charge is -2.04. The molecule has 1 aromatic carbocycles. The largest absolute Gasteiger partial charge is 0.494 e. The lowest BCUT2D eigenvalue weighted by atomic mass is 10.3. The molecule has 0 saturated heterocycles. The van der Waals surface area contributed by atoms with Gasteiger partial charge in [0.05, 0.1) is 16.8 Å². The minimum Gasteiger partial charge on any atom is -0.494 e. The van der Waals surface area contributed by atoms with Crippen LogP contribution in [0.1, 0.15) is 20.3 Å². The maximum Gasteiger partial charge on any atom is 0.248 e. The van der Waals surface area contributed by atoms with E-state index in [1.54, 1.807) is 6.08 Å².